The number of hydrogen-bond donors (Lipinski definition) is 3. The van der Waals surface area contributed by atoms with E-state index in [-0.39, 0.29) is 25.4 Å². The average molecular weight is 346 g/mol. The van der Waals surface area contributed by atoms with Crippen molar-refractivity contribution in [1.29, 1.82) is 0 Å². The predicted molar refractivity (Wildman–Crippen MR) is 85.7 cm³/mol. The number of rotatable bonds is 3. The van der Waals surface area contributed by atoms with Crippen molar-refractivity contribution in [2.24, 2.45) is 0 Å². The molecule has 2 fully saturated rings. The summed E-state index contributed by atoms with van der Waals surface area (Å²) in [5.74, 6) is -1.36. The number of fused-ring (bicyclic) bond motifs is 1. The van der Waals surface area contributed by atoms with Crippen LogP contribution in [0.5, 0.6) is 0 Å². The Morgan fingerprint density at radius 3 is 2.96 bits per heavy atom. The molecule has 2 aromatic rings. The Bertz CT molecular complexity index is 781. The van der Waals surface area contributed by atoms with Crippen LogP contribution in [0.4, 0.5) is 4.79 Å². The zero-order chi connectivity index (χ0) is 17.4. The van der Waals surface area contributed by atoms with Gasteiger partial charge in [0, 0.05) is 35.4 Å². The summed E-state index contributed by atoms with van der Waals surface area (Å²) >= 11 is 0. The largest absolute Gasteiger partial charge is 0.465 e. The van der Waals surface area contributed by atoms with Gasteiger partial charge in [0.15, 0.2) is 5.79 Å². The summed E-state index contributed by atoms with van der Waals surface area (Å²) in [5.41, 5.74) is 1.75. The molecule has 1 spiro atoms. The smallest absolute Gasteiger partial charge is 0.408 e. The van der Waals surface area contributed by atoms with Gasteiger partial charge in [0.2, 0.25) is 5.91 Å². The molecule has 25 heavy (non-hydrogen) atoms. The van der Waals surface area contributed by atoms with E-state index in [2.05, 4.69) is 15.3 Å². The van der Waals surface area contributed by atoms with Gasteiger partial charge in [-0.05, 0) is 12.1 Å². The van der Waals surface area contributed by atoms with Gasteiger partial charge in [-0.15, -0.1) is 0 Å². The van der Waals surface area contributed by atoms with E-state index in [0.717, 1.165) is 21.5 Å². The van der Waals surface area contributed by atoms with Crippen LogP contribution in [0.25, 0.3) is 10.9 Å². The Labute approximate surface area is 142 Å². The number of pyridine rings is 1. The Hall–Kier alpha value is -2.65. The third-order valence-corrected chi connectivity index (χ3v) is 4.58. The lowest BCUT2D eigenvalue weighted by Gasteiger charge is -2.20. The Morgan fingerprint density at radius 1 is 1.44 bits per heavy atom. The van der Waals surface area contributed by atoms with Gasteiger partial charge in [-0.25, -0.2) is 4.79 Å². The summed E-state index contributed by atoms with van der Waals surface area (Å²) < 4.78 is 11.1. The molecular weight excluding hydrogens is 328 g/mol. The van der Waals surface area contributed by atoms with Gasteiger partial charge in [0.1, 0.15) is 6.04 Å². The molecule has 9 nitrogen and oxygen atoms in total. The Kier molecular flexibility index (Phi) is 3.81. The number of likely N-dealkylation sites (tertiary alicyclic amines) is 1. The second-order valence-electron chi connectivity index (χ2n) is 6.21. The minimum atomic E-state index is -1.16. The first kappa shape index (κ1) is 15.9. The fourth-order valence-electron chi connectivity index (χ4n) is 3.41. The fraction of sp³-hybridized carbons (Fsp3) is 0.438. The summed E-state index contributed by atoms with van der Waals surface area (Å²) in [6.45, 7) is 1.13. The molecule has 0 bridgehead atoms. The standard InChI is InChI=1S/C16H18N4O5/c21-14(18-8-11-5-10-7-17-2-1-12(10)19-11)13-6-16(24-3-4-25-16)9-20(13)15(22)23/h1-2,5,7,13,19H,3-4,6,8-9H2,(H,18,21)(H,22,23)/t13-/m0/s1. The van der Waals surface area contributed by atoms with Crippen molar-refractivity contribution in [2.75, 3.05) is 19.8 Å². The minimum absolute atomic E-state index is 0.0402. The number of hydrogen-bond acceptors (Lipinski definition) is 5. The van der Waals surface area contributed by atoms with Crippen LogP contribution in [0.3, 0.4) is 0 Å². The number of carbonyl (C=O) groups excluding carboxylic acids is 1. The second-order valence-corrected chi connectivity index (χ2v) is 6.21. The van der Waals surface area contributed by atoms with Gasteiger partial charge in [-0.3, -0.25) is 14.7 Å². The highest BCUT2D eigenvalue weighted by Gasteiger charge is 2.52. The number of ether oxygens (including phenoxy) is 2. The molecule has 9 heteroatoms. The van der Waals surface area contributed by atoms with Crippen LogP contribution in [0, 0.1) is 0 Å². The average Bonchev–Trinajstić information content (AvgIpc) is 3.31. The van der Waals surface area contributed by atoms with Gasteiger partial charge in [-0.1, -0.05) is 0 Å². The SMILES string of the molecule is O=C(NCc1cc2cnccc2[nH]1)[C@@H]1CC2(CN1C(=O)O)OCCO2. The number of carboxylic acid groups (broad SMARTS) is 1. The number of carbonyl (C=O) groups is 2. The number of amides is 2. The van der Waals surface area contributed by atoms with Crippen LogP contribution in [0.2, 0.25) is 0 Å². The summed E-state index contributed by atoms with van der Waals surface area (Å²) in [6, 6.07) is 2.92. The highest BCUT2D eigenvalue weighted by molar-refractivity contribution is 5.86. The third kappa shape index (κ3) is 2.92. The summed E-state index contributed by atoms with van der Waals surface area (Å²) in [7, 11) is 0. The van der Waals surface area contributed by atoms with Gasteiger partial charge < -0.3 is 24.9 Å². The molecule has 1 atom stereocenters. The van der Waals surface area contributed by atoms with Crippen molar-refractivity contribution >= 4 is 22.9 Å². The maximum Gasteiger partial charge on any atom is 0.408 e. The van der Waals surface area contributed by atoms with Crippen molar-refractivity contribution in [2.45, 2.75) is 24.8 Å². The molecule has 2 aliphatic rings. The number of nitrogens with zero attached hydrogens (tertiary/aromatic N) is 2. The second kappa shape index (κ2) is 6.01. The van der Waals surface area contributed by atoms with E-state index in [1.54, 1.807) is 12.4 Å². The van der Waals surface area contributed by atoms with E-state index < -0.39 is 17.9 Å². The Balaban J connectivity index is 1.45. The lowest BCUT2D eigenvalue weighted by Crippen LogP contribution is -2.45. The normalized spacial score (nSPS) is 21.9. The zero-order valence-corrected chi connectivity index (χ0v) is 13.4. The molecule has 2 aliphatic heterocycles. The van der Waals surface area contributed by atoms with Crippen LogP contribution in [0.15, 0.2) is 24.5 Å². The fourth-order valence-corrected chi connectivity index (χ4v) is 3.41. The Morgan fingerprint density at radius 2 is 2.24 bits per heavy atom. The lowest BCUT2D eigenvalue weighted by molar-refractivity contribution is -0.146. The van der Waals surface area contributed by atoms with Crippen molar-refractivity contribution in [1.82, 2.24) is 20.2 Å². The molecule has 0 unspecified atom stereocenters. The van der Waals surface area contributed by atoms with Gasteiger partial charge in [0.25, 0.3) is 0 Å². The number of H-pyrrole nitrogens is 1. The molecule has 2 saturated heterocycles. The zero-order valence-electron chi connectivity index (χ0n) is 13.4. The van der Waals surface area contributed by atoms with Crippen molar-refractivity contribution < 1.29 is 24.2 Å². The van der Waals surface area contributed by atoms with Crippen LogP contribution in [0.1, 0.15) is 12.1 Å². The van der Waals surface area contributed by atoms with E-state index in [4.69, 9.17) is 9.47 Å². The lowest BCUT2D eigenvalue weighted by atomic mass is 10.1. The highest BCUT2D eigenvalue weighted by atomic mass is 16.7. The summed E-state index contributed by atoms with van der Waals surface area (Å²) in [4.78, 5) is 32.3. The molecule has 132 valence electrons. The molecule has 0 radical (unpaired) electrons. The number of aromatic nitrogens is 2. The van der Waals surface area contributed by atoms with Gasteiger partial charge >= 0.3 is 6.09 Å². The molecule has 3 N–H and O–H groups in total. The first-order chi connectivity index (χ1) is 12.1. The van der Waals surface area contributed by atoms with E-state index >= 15 is 0 Å². The van der Waals surface area contributed by atoms with Crippen LogP contribution >= 0.6 is 0 Å². The van der Waals surface area contributed by atoms with Crippen LogP contribution < -0.4 is 5.32 Å². The highest BCUT2D eigenvalue weighted by Crippen LogP contribution is 2.34. The quantitative estimate of drug-likeness (QED) is 0.752. The van der Waals surface area contributed by atoms with E-state index in [0.29, 0.717) is 13.2 Å². The first-order valence-electron chi connectivity index (χ1n) is 8.03. The number of nitrogens with one attached hydrogen (secondary N) is 2. The topological polar surface area (TPSA) is 117 Å². The molecular formula is C16H18N4O5. The van der Waals surface area contributed by atoms with Gasteiger partial charge in [0.05, 0.1) is 26.3 Å². The predicted octanol–water partition coefficient (Wildman–Crippen LogP) is 0.674. The van der Waals surface area contributed by atoms with Crippen molar-refractivity contribution in [3.05, 3.63) is 30.2 Å². The van der Waals surface area contributed by atoms with Crippen molar-refractivity contribution in [3.63, 3.8) is 0 Å². The number of aromatic amines is 1. The monoisotopic (exact) mass is 346 g/mol. The molecule has 2 amide bonds. The third-order valence-electron chi connectivity index (χ3n) is 4.58. The molecule has 0 aromatic carbocycles. The van der Waals surface area contributed by atoms with Crippen molar-refractivity contribution in [3.8, 4) is 0 Å². The maximum absolute atomic E-state index is 12.5. The molecule has 0 saturated carbocycles. The summed E-state index contributed by atoms with van der Waals surface area (Å²) in [5, 5.41) is 13.1. The van der Waals surface area contributed by atoms with E-state index in [1.165, 1.54) is 0 Å². The summed E-state index contributed by atoms with van der Waals surface area (Å²) in [6.07, 6.45) is 2.46. The van der Waals surface area contributed by atoms with E-state index in [9.17, 15) is 14.7 Å². The molecule has 0 aliphatic carbocycles. The van der Waals surface area contributed by atoms with E-state index in [1.807, 2.05) is 12.1 Å². The minimum Gasteiger partial charge on any atom is -0.465 e. The maximum atomic E-state index is 12.5. The molecule has 2 aromatic heterocycles. The van der Waals surface area contributed by atoms with Crippen LogP contribution in [-0.2, 0) is 20.8 Å². The van der Waals surface area contributed by atoms with Crippen LogP contribution in [-0.4, -0.2) is 63.6 Å². The molecule has 4 rings (SSSR count). The first-order valence-corrected chi connectivity index (χ1v) is 8.03. The van der Waals surface area contributed by atoms with Gasteiger partial charge in [-0.2, -0.15) is 0 Å². The molecule has 4 heterocycles.